The molecule has 21 heavy (non-hydrogen) atoms. The molecule has 1 unspecified atom stereocenters. The summed E-state index contributed by atoms with van der Waals surface area (Å²) in [5.74, 6) is 1.57. The monoisotopic (exact) mass is 370 g/mol. The van der Waals surface area contributed by atoms with Gasteiger partial charge in [0, 0.05) is 18.5 Å². The number of rotatable bonds is 4. The van der Waals surface area contributed by atoms with E-state index in [1.807, 2.05) is 16.7 Å². The average Bonchev–Trinajstić information content (AvgIpc) is 3.06. The molecule has 0 fully saturated rings. The van der Waals surface area contributed by atoms with Gasteiger partial charge in [0.25, 0.3) is 0 Å². The highest BCUT2D eigenvalue weighted by molar-refractivity contribution is 9.10. The summed E-state index contributed by atoms with van der Waals surface area (Å²) < 4.78 is 21.5. The van der Waals surface area contributed by atoms with Gasteiger partial charge in [0.15, 0.2) is 0 Å². The molecule has 6 heteroatoms. The standard InChI is InChI=1S/C15H13BrClFN2O/c1-9(5-10-3-2-4-21-10)20-14-6-11(16)12(18)7-13(14)19-15(20)8-17/h2-4,6-7,9H,5,8H2,1H3. The van der Waals surface area contributed by atoms with Gasteiger partial charge in [-0.2, -0.15) is 0 Å². The Morgan fingerprint density at radius 1 is 1.48 bits per heavy atom. The second-order valence-corrected chi connectivity index (χ2v) is 6.04. The number of fused-ring (bicyclic) bond motifs is 1. The summed E-state index contributed by atoms with van der Waals surface area (Å²) in [7, 11) is 0. The molecule has 2 heterocycles. The zero-order valence-corrected chi connectivity index (χ0v) is 13.7. The van der Waals surface area contributed by atoms with Gasteiger partial charge in [0.05, 0.1) is 27.6 Å². The number of alkyl halides is 1. The molecule has 1 atom stereocenters. The zero-order chi connectivity index (χ0) is 15.0. The minimum absolute atomic E-state index is 0.104. The predicted molar refractivity (Wildman–Crippen MR) is 84.1 cm³/mol. The molecule has 0 bridgehead atoms. The predicted octanol–water partition coefficient (Wildman–Crippen LogP) is 5.07. The lowest BCUT2D eigenvalue weighted by Crippen LogP contribution is -2.11. The SMILES string of the molecule is CC(Cc1ccco1)n1c(CCl)nc2cc(F)c(Br)cc21. The largest absolute Gasteiger partial charge is 0.469 e. The maximum absolute atomic E-state index is 13.7. The Morgan fingerprint density at radius 3 is 2.95 bits per heavy atom. The number of furan rings is 1. The van der Waals surface area contributed by atoms with Crippen LogP contribution in [-0.2, 0) is 12.3 Å². The molecule has 0 N–H and O–H groups in total. The number of nitrogens with zero attached hydrogens (tertiary/aromatic N) is 2. The fourth-order valence-corrected chi connectivity index (χ4v) is 3.06. The quantitative estimate of drug-likeness (QED) is 0.599. The van der Waals surface area contributed by atoms with Crippen LogP contribution in [0.4, 0.5) is 4.39 Å². The summed E-state index contributed by atoms with van der Waals surface area (Å²) in [6, 6.07) is 7.07. The van der Waals surface area contributed by atoms with E-state index in [-0.39, 0.29) is 17.7 Å². The molecular weight excluding hydrogens is 359 g/mol. The van der Waals surface area contributed by atoms with Crippen molar-refractivity contribution >= 4 is 38.6 Å². The second-order valence-electron chi connectivity index (χ2n) is 4.92. The molecule has 0 aliphatic heterocycles. The highest BCUT2D eigenvalue weighted by Crippen LogP contribution is 2.28. The van der Waals surface area contributed by atoms with Gasteiger partial charge in [0.2, 0.25) is 0 Å². The number of benzene rings is 1. The van der Waals surface area contributed by atoms with Crippen molar-refractivity contribution < 1.29 is 8.81 Å². The molecule has 0 radical (unpaired) electrons. The summed E-state index contributed by atoms with van der Waals surface area (Å²) in [5, 5.41) is 0. The molecule has 2 aromatic heterocycles. The highest BCUT2D eigenvalue weighted by atomic mass is 79.9. The first-order valence-electron chi connectivity index (χ1n) is 6.54. The van der Waals surface area contributed by atoms with Crippen LogP contribution in [0.3, 0.4) is 0 Å². The first kappa shape index (κ1) is 14.6. The van der Waals surface area contributed by atoms with E-state index in [1.165, 1.54) is 6.07 Å². The van der Waals surface area contributed by atoms with Crippen molar-refractivity contribution in [1.29, 1.82) is 0 Å². The number of halogens is 3. The molecule has 0 saturated carbocycles. The fraction of sp³-hybridized carbons (Fsp3) is 0.267. The summed E-state index contributed by atoms with van der Waals surface area (Å²) in [6.45, 7) is 2.07. The Labute approximate surface area is 134 Å². The third-order valence-corrected chi connectivity index (χ3v) is 4.29. The van der Waals surface area contributed by atoms with Crippen LogP contribution < -0.4 is 0 Å². The highest BCUT2D eigenvalue weighted by Gasteiger charge is 2.18. The first-order chi connectivity index (χ1) is 10.1. The molecule has 0 spiro atoms. The van der Waals surface area contributed by atoms with E-state index in [9.17, 15) is 4.39 Å². The van der Waals surface area contributed by atoms with Crippen LogP contribution in [0.5, 0.6) is 0 Å². The lowest BCUT2D eigenvalue weighted by molar-refractivity contribution is 0.449. The van der Waals surface area contributed by atoms with Gasteiger partial charge < -0.3 is 8.98 Å². The van der Waals surface area contributed by atoms with Gasteiger partial charge in [-0.1, -0.05) is 0 Å². The molecule has 3 nitrogen and oxygen atoms in total. The molecule has 0 aliphatic carbocycles. The summed E-state index contributed by atoms with van der Waals surface area (Å²) in [5.41, 5.74) is 1.47. The minimum atomic E-state index is -0.327. The summed E-state index contributed by atoms with van der Waals surface area (Å²) >= 11 is 9.22. The molecular formula is C15H13BrClFN2O. The van der Waals surface area contributed by atoms with E-state index in [0.29, 0.717) is 9.99 Å². The van der Waals surface area contributed by atoms with Crippen molar-refractivity contribution in [3.63, 3.8) is 0 Å². The van der Waals surface area contributed by atoms with Crippen LogP contribution in [0.1, 0.15) is 24.6 Å². The molecule has 0 saturated heterocycles. The Hall–Kier alpha value is -1.33. The zero-order valence-electron chi connectivity index (χ0n) is 11.3. The van der Waals surface area contributed by atoms with Crippen molar-refractivity contribution in [3.8, 4) is 0 Å². The van der Waals surface area contributed by atoms with Gasteiger partial charge >= 0.3 is 0 Å². The van der Waals surface area contributed by atoms with Crippen LogP contribution in [0, 0.1) is 5.82 Å². The van der Waals surface area contributed by atoms with Crippen LogP contribution in [-0.4, -0.2) is 9.55 Å². The molecule has 110 valence electrons. The maximum Gasteiger partial charge on any atom is 0.139 e. The van der Waals surface area contributed by atoms with E-state index in [4.69, 9.17) is 16.0 Å². The van der Waals surface area contributed by atoms with Crippen molar-refractivity contribution in [2.45, 2.75) is 25.3 Å². The van der Waals surface area contributed by atoms with E-state index >= 15 is 0 Å². The van der Waals surface area contributed by atoms with Gasteiger partial charge in [-0.15, -0.1) is 11.6 Å². The Kier molecular flexibility index (Phi) is 4.04. The minimum Gasteiger partial charge on any atom is -0.469 e. The van der Waals surface area contributed by atoms with Crippen LogP contribution in [0.25, 0.3) is 11.0 Å². The van der Waals surface area contributed by atoms with Crippen molar-refractivity contribution in [3.05, 3.63) is 52.4 Å². The second kappa shape index (κ2) is 5.81. The third-order valence-electron chi connectivity index (χ3n) is 3.44. The maximum atomic E-state index is 13.7. The van der Waals surface area contributed by atoms with Gasteiger partial charge in [-0.05, 0) is 41.1 Å². The van der Waals surface area contributed by atoms with E-state index in [2.05, 4.69) is 27.8 Å². The molecule has 1 aromatic carbocycles. The van der Waals surface area contributed by atoms with Crippen molar-refractivity contribution in [2.75, 3.05) is 0 Å². The Morgan fingerprint density at radius 2 is 2.29 bits per heavy atom. The smallest absolute Gasteiger partial charge is 0.139 e. The fourth-order valence-electron chi connectivity index (χ4n) is 2.54. The lowest BCUT2D eigenvalue weighted by atomic mass is 10.2. The topological polar surface area (TPSA) is 31.0 Å². The van der Waals surface area contributed by atoms with Crippen molar-refractivity contribution in [1.82, 2.24) is 9.55 Å². The number of hydrogen-bond acceptors (Lipinski definition) is 2. The molecule has 3 rings (SSSR count). The third kappa shape index (κ3) is 2.72. The van der Waals surface area contributed by atoms with E-state index < -0.39 is 0 Å². The van der Waals surface area contributed by atoms with Gasteiger partial charge in [-0.25, -0.2) is 9.37 Å². The average molecular weight is 372 g/mol. The van der Waals surface area contributed by atoms with E-state index in [0.717, 1.165) is 23.5 Å². The Bertz CT molecular complexity index is 770. The Balaban J connectivity index is 2.09. The summed E-state index contributed by atoms with van der Waals surface area (Å²) in [6.07, 6.45) is 2.37. The molecule has 0 amide bonds. The van der Waals surface area contributed by atoms with Crippen LogP contribution in [0.2, 0.25) is 0 Å². The number of hydrogen-bond donors (Lipinski definition) is 0. The number of imidazole rings is 1. The van der Waals surface area contributed by atoms with Gasteiger partial charge in [-0.3, -0.25) is 0 Å². The first-order valence-corrected chi connectivity index (χ1v) is 7.87. The van der Waals surface area contributed by atoms with Crippen LogP contribution in [0.15, 0.2) is 39.4 Å². The molecule has 3 aromatic rings. The summed E-state index contributed by atoms with van der Waals surface area (Å²) in [4.78, 5) is 4.42. The van der Waals surface area contributed by atoms with Gasteiger partial charge in [0.1, 0.15) is 17.4 Å². The van der Waals surface area contributed by atoms with Crippen LogP contribution >= 0.6 is 27.5 Å². The normalized spacial score (nSPS) is 13.0. The number of aromatic nitrogens is 2. The lowest BCUT2D eigenvalue weighted by Gasteiger charge is -2.16. The van der Waals surface area contributed by atoms with E-state index in [1.54, 1.807) is 12.3 Å². The molecule has 0 aliphatic rings. The van der Waals surface area contributed by atoms with Crippen molar-refractivity contribution in [2.24, 2.45) is 0 Å².